The van der Waals surface area contributed by atoms with Crippen LogP contribution in [0.4, 0.5) is 0 Å². The van der Waals surface area contributed by atoms with E-state index in [-0.39, 0.29) is 23.5 Å². The van der Waals surface area contributed by atoms with E-state index in [2.05, 4.69) is 5.32 Å². The lowest BCUT2D eigenvalue weighted by Crippen LogP contribution is -2.61. The van der Waals surface area contributed by atoms with Crippen molar-refractivity contribution in [2.45, 2.75) is 39.3 Å². The van der Waals surface area contributed by atoms with E-state index in [1.807, 2.05) is 45.0 Å². The van der Waals surface area contributed by atoms with E-state index in [0.29, 0.717) is 12.2 Å². The normalized spacial score (nSPS) is 24.4. The number of aryl methyl sites for hydroxylation is 1. The summed E-state index contributed by atoms with van der Waals surface area (Å²) in [5.74, 6) is 0.159. The Bertz CT molecular complexity index is 671. The Morgan fingerprint density at radius 2 is 2.10 bits per heavy atom. The molecule has 0 saturated heterocycles. The maximum atomic E-state index is 12.3. The molecule has 2 unspecified atom stereocenters. The molecule has 1 fully saturated rings. The van der Waals surface area contributed by atoms with Gasteiger partial charge in [-0.15, -0.1) is 0 Å². The third kappa shape index (κ3) is 1.83. The summed E-state index contributed by atoms with van der Waals surface area (Å²) < 4.78 is 5.65. The molecule has 1 aromatic heterocycles. The van der Waals surface area contributed by atoms with Crippen LogP contribution in [0, 0.1) is 12.3 Å². The minimum absolute atomic E-state index is 0.0161. The van der Waals surface area contributed by atoms with Crippen LogP contribution in [0.5, 0.6) is 0 Å². The number of rotatable bonds is 2. The minimum atomic E-state index is -0.357. The standard InChI is InChI=1S/C16H19NO3/c1-9-10-6-4-5-7-11(10)20-14(9)15(19)17-12-8-13(18)16(12,2)3/h4-7,12-13,18H,8H2,1-3H3,(H,17,19). The summed E-state index contributed by atoms with van der Waals surface area (Å²) in [4.78, 5) is 12.3. The maximum Gasteiger partial charge on any atom is 0.287 e. The first-order chi connectivity index (χ1) is 9.41. The second-order valence-electron chi connectivity index (χ2n) is 6.15. The van der Waals surface area contributed by atoms with Gasteiger partial charge in [-0.2, -0.15) is 0 Å². The highest BCUT2D eigenvalue weighted by molar-refractivity contribution is 5.99. The molecule has 1 amide bonds. The highest BCUT2D eigenvalue weighted by Gasteiger charge is 2.48. The first-order valence-electron chi connectivity index (χ1n) is 6.88. The number of carbonyl (C=O) groups excluding carboxylic acids is 1. The Morgan fingerprint density at radius 1 is 1.40 bits per heavy atom. The summed E-state index contributed by atoms with van der Waals surface area (Å²) in [6.07, 6.45) is 0.238. The Balaban J connectivity index is 1.85. The molecule has 1 aliphatic carbocycles. The molecule has 1 aliphatic rings. The second kappa shape index (κ2) is 4.35. The lowest BCUT2D eigenvalue weighted by molar-refractivity contribution is -0.0691. The minimum Gasteiger partial charge on any atom is -0.451 e. The van der Waals surface area contributed by atoms with Crippen molar-refractivity contribution < 1.29 is 14.3 Å². The number of benzene rings is 1. The van der Waals surface area contributed by atoms with Crippen molar-refractivity contribution in [3.8, 4) is 0 Å². The molecular weight excluding hydrogens is 254 g/mol. The largest absolute Gasteiger partial charge is 0.451 e. The van der Waals surface area contributed by atoms with Gasteiger partial charge < -0.3 is 14.8 Å². The molecule has 1 heterocycles. The monoisotopic (exact) mass is 273 g/mol. The molecule has 1 saturated carbocycles. The Labute approximate surface area is 117 Å². The van der Waals surface area contributed by atoms with E-state index >= 15 is 0 Å². The number of fused-ring (bicyclic) bond motifs is 1. The number of aliphatic hydroxyl groups is 1. The maximum absolute atomic E-state index is 12.3. The van der Waals surface area contributed by atoms with Crippen LogP contribution in [0.25, 0.3) is 11.0 Å². The van der Waals surface area contributed by atoms with Gasteiger partial charge in [0.05, 0.1) is 6.10 Å². The molecule has 0 spiro atoms. The SMILES string of the molecule is Cc1c(C(=O)NC2CC(O)C2(C)C)oc2ccccc12. The number of carbonyl (C=O) groups is 1. The van der Waals surface area contributed by atoms with E-state index in [9.17, 15) is 9.90 Å². The van der Waals surface area contributed by atoms with Gasteiger partial charge in [-0.05, 0) is 19.4 Å². The van der Waals surface area contributed by atoms with Crippen LogP contribution in [-0.2, 0) is 0 Å². The van der Waals surface area contributed by atoms with Crippen molar-refractivity contribution in [1.82, 2.24) is 5.32 Å². The number of nitrogens with one attached hydrogen (secondary N) is 1. The van der Waals surface area contributed by atoms with Crippen LogP contribution in [0.1, 0.15) is 36.4 Å². The molecule has 4 heteroatoms. The zero-order valence-electron chi connectivity index (χ0n) is 11.9. The van der Waals surface area contributed by atoms with Crippen LogP contribution in [0.2, 0.25) is 0 Å². The van der Waals surface area contributed by atoms with Gasteiger partial charge in [0.25, 0.3) is 5.91 Å². The molecule has 3 rings (SSSR count). The van der Waals surface area contributed by atoms with Gasteiger partial charge in [0.15, 0.2) is 5.76 Å². The number of para-hydroxylation sites is 1. The predicted molar refractivity (Wildman–Crippen MR) is 76.6 cm³/mol. The average molecular weight is 273 g/mol. The third-order valence-corrected chi connectivity index (χ3v) is 4.57. The predicted octanol–water partition coefficient (Wildman–Crippen LogP) is 2.63. The molecule has 2 aromatic rings. The quantitative estimate of drug-likeness (QED) is 0.884. The fourth-order valence-corrected chi connectivity index (χ4v) is 2.76. The summed E-state index contributed by atoms with van der Waals surface area (Å²) in [7, 11) is 0. The van der Waals surface area contributed by atoms with Crippen LogP contribution in [0.15, 0.2) is 28.7 Å². The molecule has 1 aromatic carbocycles. The van der Waals surface area contributed by atoms with Crippen molar-refractivity contribution in [3.63, 3.8) is 0 Å². The zero-order chi connectivity index (χ0) is 14.5. The molecule has 0 aliphatic heterocycles. The zero-order valence-corrected chi connectivity index (χ0v) is 11.9. The first kappa shape index (κ1) is 13.2. The fraction of sp³-hybridized carbons (Fsp3) is 0.438. The smallest absolute Gasteiger partial charge is 0.287 e. The van der Waals surface area contributed by atoms with E-state index in [1.165, 1.54) is 0 Å². The molecule has 0 radical (unpaired) electrons. The number of furan rings is 1. The summed E-state index contributed by atoms with van der Waals surface area (Å²) in [6.45, 7) is 5.80. The first-order valence-corrected chi connectivity index (χ1v) is 6.88. The number of hydrogen-bond acceptors (Lipinski definition) is 3. The van der Waals surface area contributed by atoms with Gasteiger partial charge in [0.1, 0.15) is 5.58 Å². The van der Waals surface area contributed by atoms with Gasteiger partial charge in [0, 0.05) is 22.4 Å². The topological polar surface area (TPSA) is 62.5 Å². The van der Waals surface area contributed by atoms with E-state index in [0.717, 1.165) is 16.5 Å². The van der Waals surface area contributed by atoms with Gasteiger partial charge in [-0.3, -0.25) is 4.79 Å². The van der Waals surface area contributed by atoms with Crippen LogP contribution in [0.3, 0.4) is 0 Å². The summed E-state index contributed by atoms with van der Waals surface area (Å²) in [5.41, 5.74) is 1.30. The molecule has 4 nitrogen and oxygen atoms in total. The lowest BCUT2D eigenvalue weighted by atomic mass is 9.64. The highest BCUT2D eigenvalue weighted by Crippen LogP contribution is 2.40. The van der Waals surface area contributed by atoms with Crippen molar-refractivity contribution in [3.05, 3.63) is 35.6 Å². The van der Waals surface area contributed by atoms with Crippen molar-refractivity contribution in [2.24, 2.45) is 5.41 Å². The van der Waals surface area contributed by atoms with E-state index < -0.39 is 0 Å². The summed E-state index contributed by atoms with van der Waals surface area (Å²) in [6, 6.07) is 7.60. The Hall–Kier alpha value is -1.81. The van der Waals surface area contributed by atoms with E-state index in [4.69, 9.17) is 4.42 Å². The van der Waals surface area contributed by atoms with E-state index in [1.54, 1.807) is 0 Å². The van der Waals surface area contributed by atoms with Crippen LogP contribution in [-0.4, -0.2) is 23.2 Å². The van der Waals surface area contributed by atoms with Crippen molar-refractivity contribution >= 4 is 16.9 Å². The van der Waals surface area contributed by atoms with Gasteiger partial charge in [0.2, 0.25) is 0 Å². The van der Waals surface area contributed by atoms with Gasteiger partial charge >= 0.3 is 0 Å². The Morgan fingerprint density at radius 3 is 2.70 bits per heavy atom. The molecule has 0 bridgehead atoms. The molecular formula is C16H19NO3. The summed E-state index contributed by atoms with van der Waals surface area (Å²) >= 11 is 0. The molecule has 2 atom stereocenters. The summed E-state index contributed by atoms with van der Waals surface area (Å²) in [5, 5.41) is 13.6. The molecule has 20 heavy (non-hydrogen) atoms. The second-order valence-corrected chi connectivity index (χ2v) is 6.15. The van der Waals surface area contributed by atoms with Crippen molar-refractivity contribution in [2.75, 3.05) is 0 Å². The highest BCUT2D eigenvalue weighted by atomic mass is 16.3. The number of aliphatic hydroxyl groups excluding tert-OH is 1. The lowest BCUT2D eigenvalue weighted by Gasteiger charge is -2.49. The van der Waals surface area contributed by atoms with Gasteiger partial charge in [-0.25, -0.2) is 0 Å². The number of amides is 1. The van der Waals surface area contributed by atoms with Gasteiger partial charge in [-0.1, -0.05) is 32.0 Å². The van der Waals surface area contributed by atoms with Crippen LogP contribution < -0.4 is 5.32 Å². The van der Waals surface area contributed by atoms with Crippen molar-refractivity contribution in [1.29, 1.82) is 0 Å². The fourth-order valence-electron chi connectivity index (χ4n) is 2.76. The van der Waals surface area contributed by atoms with Crippen LogP contribution >= 0.6 is 0 Å². The number of hydrogen-bond donors (Lipinski definition) is 2. The average Bonchev–Trinajstić information content (AvgIpc) is 2.76. The Kier molecular flexibility index (Phi) is 2.87. The molecule has 2 N–H and O–H groups in total. The molecule has 106 valence electrons. The third-order valence-electron chi connectivity index (χ3n) is 4.57.